The summed E-state index contributed by atoms with van der Waals surface area (Å²) >= 11 is 0. The largest absolute Gasteiger partial charge is 0.494 e. The maximum Gasteiger partial charge on any atom is 0.308 e. The van der Waals surface area contributed by atoms with Crippen LogP contribution in [0.3, 0.4) is 0 Å². The SMILES string of the molecule is CC(=O)Oc1ccc(OCCCOC2=CC(OC(C)=O)C(OC(C)=O)C=C2)cc1OC(C)=O. The third-order valence-corrected chi connectivity index (χ3v) is 3.96. The number of ether oxygens (including phenoxy) is 6. The molecule has 0 amide bonds. The van der Waals surface area contributed by atoms with Gasteiger partial charge in [-0.15, -0.1) is 0 Å². The van der Waals surface area contributed by atoms with Gasteiger partial charge in [-0.2, -0.15) is 0 Å². The number of hydrogen-bond donors (Lipinski definition) is 0. The van der Waals surface area contributed by atoms with Crippen LogP contribution in [-0.2, 0) is 33.4 Å². The molecular weight excluding hydrogens is 436 g/mol. The van der Waals surface area contributed by atoms with Gasteiger partial charge in [0, 0.05) is 46.3 Å². The quantitative estimate of drug-likeness (QED) is 0.291. The fraction of sp³-hybridized carbons (Fsp3) is 0.391. The normalized spacial score (nSPS) is 16.8. The number of allylic oxidation sites excluding steroid dienone is 1. The Morgan fingerprint density at radius 1 is 0.758 bits per heavy atom. The number of esters is 4. The Morgan fingerprint density at radius 2 is 1.36 bits per heavy atom. The van der Waals surface area contributed by atoms with E-state index in [-0.39, 0.29) is 18.1 Å². The molecule has 0 saturated carbocycles. The van der Waals surface area contributed by atoms with E-state index in [9.17, 15) is 19.2 Å². The minimum atomic E-state index is -0.780. The van der Waals surface area contributed by atoms with Gasteiger partial charge in [0.1, 0.15) is 11.5 Å². The van der Waals surface area contributed by atoms with E-state index in [2.05, 4.69) is 0 Å². The summed E-state index contributed by atoms with van der Waals surface area (Å²) < 4.78 is 31.7. The molecular formula is C23H26O10. The van der Waals surface area contributed by atoms with Crippen molar-refractivity contribution in [2.24, 2.45) is 0 Å². The van der Waals surface area contributed by atoms with E-state index in [1.165, 1.54) is 39.8 Å². The summed E-state index contributed by atoms with van der Waals surface area (Å²) in [6, 6.07) is 4.50. The van der Waals surface area contributed by atoms with E-state index in [1.54, 1.807) is 24.3 Å². The molecule has 1 aromatic rings. The first kappa shape index (κ1) is 25.4. The molecule has 33 heavy (non-hydrogen) atoms. The smallest absolute Gasteiger partial charge is 0.308 e. The maximum atomic E-state index is 11.3. The summed E-state index contributed by atoms with van der Waals surface area (Å²) in [7, 11) is 0. The van der Waals surface area contributed by atoms with Gasteiger partial charge in [0.05, 0.1) is 13.2 Å². The molecule has 10 heteroatoms. The monoisotopic (exact) mass is 462 g/mol. The Morgan fingerprint density at radius 3 is 2.00 bits per heavy atom. The molecule has 178 valence electrons. The molecule has 0 N–H and O–H groups in total. The first-order chi connectivity index (χ1) is 15.6. The van der Waals surface area contributed by atoms with Crippen molar-refractivity contribution in [2.75, 3.05) is 13.2 Å². The van der Waals surface area contributed by atoms with Crippen molar-refractivity contribution in [3.8, 4) is 17.2 Å². The summed E-state index contributed by atoms with van der Waals surface area (Å²) in [6.07, 6.45) is 3.79. The second-order valence-electron chi connectivity index (χ2n) is 6.92. The van der Waals surface area contributed by atoms with Crippen LogP contribution >= 0.6 is 0 Å². The van der Waals surface area contributed by atoms with E-state index in [4.69, 9.17) is 28.4 Å². The predicted octanol–water partition coefficient (Wildman–Crippen LogP) is 2.64. The van der Waals surface area contributed by atoms with E-state index in [1.807, 2.05) is 0 Å². The second-order valence-corrected chi connectivity index (χ2v) is 6.92. The first-order valence-electron chi connectivity index (χ1n) is 10.1. The highest BCUT2D eigenvalue weighted by molar-refractivity contribution is 5.74. The molecule has 2 atom stereocenters. The molecule has 10 nitrogen and oxygen atoms in total. The zero-order valence-corrected chi connectivity index (χ0v) is 18.8. The van der Waals surface area contributed by atoms with Crippen molar-refractivity contribution < 1.29 is 47.6 Å². The van der Waals surface area contributed by atoms with Gasteiger partial charge >= 0.3 is 23.9 Å². The van der Waals surface area contributed by atoms with Gasteiger partial charge in [-0.1, -0.05) is 0 Å². The topological polar surface area (TPSA) is 124 Å². The third-order valence-electron chi connectivity index (χ3n) is 3.96. The number of rotatable bonds is 10. The summed E-state index contributed by atoms with van der Waals surface area (Å²) in [6.45, 7) is 5.59. The molecule has 0 heterocycles. The highest BCUT2D eigenvalue weighted by atomic mass is 16.6. The Hall–Kier alpha value is -3.82. The van der Waals surface area contributed by atoms with Crippen molar-refractivity contribution >= 4 is 23.9 Å². The van der Waals surface area contributed by atoms with Crippen molar-refractivity contribution in [1.29, 1.82) is 0 Å². The minimum absolute atomic E-state index is 0.0720. The molecule has 0 bridgehead atoms. The van der Waals surface area contributed by atoms with Crippen molar-refractivity contribution in [2.45, 2.75) is 46.3 Å². The van der Waals surface area contributed by atoms with Gasteiger partial charge in [0.2, 0.25) is 0 Å². The van der Waals surface area contributed by atoms with Crippen LogP contribution in [0.15, 0.2) is 42.2 Å². The van der Waals surface area contributed by atoms with E-state index < -0.39 is 36.1 Å². The molecule has 0 spiro atoms. The molecule has 1 aromatic carbocycles. The summed E-state index contributed by atoms with van der Waals surface area (Å²) in [5, 5.41) is 0. The zero-order valence-electron chi connectivity index (χ0n) is 18.8. The van der Waals surface area contributed by atoms with Crippen LogP contribution in [0.5, 0.6) is 17.2 Å². The minimum Gasteiger partial charge on any atom is -0.494 e. The van der Waals surface area contributed by atoms with Crippen LogP contribution in [0, 0.1) is 0 Å². The lowest BCUT2D eigenvalue weighted by Crippen LogP contribution is -2.33. The van der Waals surface area contributed by atoms with E-state index in [0.717, 1.165) is 0 Å². The van der Waals surface area contributed by atoms with Crippen molar-refractivity contribution in [3.63, 3.8) is 0 Å². The fourth-order valence-electron chi connectivity index (χ4n) is 2.79. The Balaban J connectivity index is 1.87. The Bertz CT molecular complexity index is 947. The van der Waals surface area contributed by atoms with E-state index >= 15 is 0 Å². The Labute approximate surface area is 191 Å². The molecule has 0 aliphatic heterocycles. The van der Waals surface area contributed by atoms with Crippen LogP contribution in [0.4, 0.5) is 0 Å². The summed E-state index contributed by atoms with van der Waals surface area (Å²) in [5.74, 6) is -1.05. The zero-order chi connectivity index (χ0) is 24.4. The highest BCUT2D eigenvalue weighted by Gasteiger charge is 2.26. The molecule has 0 saturated heterocycles. The molecule has 1 aliphatic carbocycles. The molecule has 0 fully saturated rings. The lowest BCUT2D eigenvalue weighted by molar-refractivity contribution is -0.158. The predicted molar refractivity (Wildman–Crippen MR) is 113 cm³/mol. The average molecular weight is 462 g/mol. The number of carbonyl (C=O) groups is 4. The molecule has 2 rings (SSSR count). The highest BCUT2D eigenvalue weighted by Crippen LogP contribution is 2.32. The van der Waals surface area contributed by atoms with Gasteiger partial charge in [-0.3, -0.25) is 19.2 Å². The number of carbonyl (C=O) groups excluding carboxylic acids is 4. The lowest BCUT2D eigenvalue weighted by atomic mass is 10.1. The maximum absolute atomic E-state index is 11.3. The second kappa shape index (κ2) is 12.3. The van der Waals surface area contributed by atoms with Gasteiger partial charge in [0.15, 0.2) is 23.7 Å². The standard InChI is InChI=1S/C23H26O10/c1-14(24)30-20-8-6-18(12-22(20)32-16(3)26)28-10-5-11-29-19-7-9-21(31-15(2)25)23(13-19)33-17(4)27/h6-9,12-13,20,22H,5,10-11H2,1-4H3. The van der Waals surface area contributed by atoms with E-state index in [0.29, 0.717) is 24.5 Å². The third kappa shape index (κ3) is 9.06. The van der Waals surface area contributed by atoms with Crippen molar-refractivity contribution in [1.82, 2.24) is 0 Å². The van der Waals surface area contributed by atoms with Crippen molar-refractivity contribution in [3.05, 3.63) is 42.2 Å². The number of hydrogen-bond acceptors (Lipinski definition) is 10. The van der Waals surface area contributed by atoms with Gasteiger partial charge in [0.25, 0.3) is 0 Å². The molecule has 2 unspecified atom stereocenters. The van der Waals surface area contributed by atoms with Crippen LogP contribution in [-0.4, -0.2) is 49.3 Å². The van der Waals surface area contributed by atoms with Crippen LogP contribution < -0.4 is 14.2 Å². The fourth-order valence-corrected chi connectivity index (χ4v) is 2.79. The van der Waals surface area contributed by atoms with Gasteiger partial charge in [-0.25, -0.2) is 0 Å². The summed E-state index contributed by atoms with van der Waals surface area (Å²) in [4.78, 5) is 45.0. The molecule has 0 aromatic heterocycles. The van der Waals surface area contributed by atoms with Gasteiger partial charge < -0.3 is 28.4 Å². The molecule has 1 aliphatic rings. The lowest BCUT2D eigenvalue weighted by Gasteiger charge is -2.25. The Kier molecular flexibility index (Phi) is 9.46. The molecule has 0 radical (unpaired) electrons. The average Bonchev–Trinajstić information content (AvgIpc) is 2.70. The van der Waals surface area contributed by atoms with Crippen LogP contribution in [0.25, 0.3) is 0 Å². The van der Waals surface area contributed by atoms with Crippen LogP contribution in [0.2, 0.25) is 0 Å². The van der Waals surface area contributed by atoms with Crippen LogP contribution in [0.1, 0.15) is 34.1 Å². The summed E-state index contributed by atoms with van der Waals surface area (Å²) in [5.41, 5.74) is 0. The first-order valence-corrected chi connectivity index (χ1v) is 10.1. The number of benzene rings is 1. The van der Waals surface area contributed by atoms with Gasteiger partial charge in [-0.05, 0) is 24.3 Å².